The number of hydrogen-bond donors (Lipinski definition) is 1. The standard InChI is InChI=1S/C15H13N3O2S/c1-9-7-8-11-14(18-21-17-11)13(9)16-15(19)10-5-3-4-6-12(10)20-2/h3-8H,1-2H3,(H,16,19). The Morgan fingerprint density at radius 2 is 2.00 bits per heavy atom. The van der Waals surface area contributed by atoms with E-state index < -0.39 is 0 Å². The summed E-state index contributed by atoms with van der Waals surface area (Å²) in [6, 6.07) is 10.9. The van der Waals surface area contributed by atoms with Gasteiger partial charge in [-0.3, -0.25) is 4.79 Å². The monoisotopic (exact) mass is 299 g/mol. The molecule has 0 aliphatic rings. The summed E-state index contributed by atoms with van der Waals surface area (Å²) >= 11 is 1.13. The second-order valence-electron chi connectivity index (χ2n) is 4.54. The van der Waals surface area contributed by atoms with Crippen LogP contribution < -0.4 is 10.1 Å². The predicted molar refractivity (Wildman–Crippen MR) is 83.1 cm³/mol. The van der Waals surface area contributed by atoms with Gasteiger partial charge in [0.05, 0.1) is 30.1 Å². The summed E-state index contributed by atoms with van der Waals surface area (Å²) in [5.74, 6) is 0.312. The van der Waals surface area contributed by atoms with E-state index >= 15 is 0 Å². The molecule has 0 saturated heterocycles. The highest BCUT2D eigenvalue weighted by atomic mass is 32.1. The van der Waals surface area contributed by atoms with Gasteiger partial charge in [0.15, 0.2) is 0 Å². The van der Waals surface area contributed by atoms with Crippen molar-refractivity contribution in [1.82, 2.24) is 8.75 Å². The Morgan fingerprint density at radius 3 is 2.81 bits per heavy atom. The molecule has 2 aromatic carbocycles. The number of para-hydroxylation sites is 1. The summed E-state index contributed by atoms with van der Waals surface area (Å²) in [6.07, 6.45) is 0. The highest BCUT2D eigenvalue weighted by Gasteiger charge is 2.15. The van der Waals surface area contributed by atoms with E-state index in [2.05, 4.69) is 14.1 Å². The zero-order chi connectivity index (χ0) is 14.8. The number of benzene rings is 2. The summed E-state index contributed by atoms with van der Waals surface area (Å²) in [4.78, 5) is 12.5. The average molecular weight is 299 g/mol. The van der Waals surface area contributed by atoms with Gasteiger partial charge < -0.3 is 10.1 Å². The number of carbonyl (C=O) groups excluding carboxylic acids is 1. The maximum atomic E-state index is 12.5. The van der Waals surface area contributed by atoms with Gasteiger partial charge in [-0.05, 0) is 30.7 Å². The number of aryl methyl sites for hydroxylation is 1. The number of fused-ring (bicyclic) bond motifs is 1. The summed E-state index contributed by atoms with van der Waals surface area (Å²) in [5, 5.41) is 2.92. The molecule has 0 atom stereocenters. The predicted octanol–water partition coefficient (Wildman–Crippen LogP) is 3.26. The van der Waals surface area contributed by atoms with Gasteiger partial charge >= 0.3 is 0 Å². The van der Waals surface area contributed by atoms with Gasteiger partial charge in [-0.25, -0.2) is 0 Å². The number of aromatic nitrogens is 2. The Labute approximate surface area is 125 Å². The van der Waals surface area contributed by atoms with Crippen LogP contribution in [-0.2, 0) is 0 Å². The molecule has 5 nitrogen and oxygen atoms in total. The Morgan fingerprint density at radius 1 is 1.19 bits per heavy atom. The molecule has 106 valence electrons. The average Bonchev–Trinajstić information content (AvgIpc) is 2.98. The lowest BCUT2D eigenvalue weighted by atomic mass is 10.1. The SMILES string of the molecule is COc1ccccc1C(=O)Nc1c(C)ccc2nsnc12. The molecule has 0 spiro atoms. The van der Waals surface area contributed by atoms with Crippen LogP contribution in [0, 0.1) is 6.92 Å². The summed E-state index contributed by atoms with van der Waals surface area (Å²) < 4.78 is 13.7. The molecule has 0 unspecified atom stereocenters. The molecule has 0 bridgehead atoms. The zero-order valence-electron chi connectivity index (χ0n) is 11.6. The molecule has 1 N–H and O–H groups in total. The van der Waals surface area contributed by atoms with Crippen molar-refractivity contribution in [2.75, 3.05) is 12.4 Å². The van der Waals surface area contributed by atoms with Gasteiger partial charge in [0, 0.05) is 0 Å². The number of hydrogen-bond acceptors (Lipinski definition) is 5. The lowest BCUT2D eigenvalue weighted by Crippen LogP contribution is -2.14. The molecule has 1 heterocycles. The van der Waals surface area contributed by atoms with Crippen LogP contribution in [0.5, 0.6) is 5.75 Å². The first kappa shape index (κ1) is 13.5. The Hall–Kier alpha value is -2.47. The fourth-order valence-corrected chi connectivity index (χ4v) is 2.67. The quantitative estimate of drug-likeness (QED) is 0.806. The van der Waals surface area contributed by atoms with Crippen LogP contribution >= 0.6 is 11.7 Å². The van der Waals surface area contributed by atoms with E-state index in [1.165, 1.54) is 0 Å². The van der Waals surface area contributed by atoms with Crippen molar-refractivity contribution in [2.24, 2.45) is 0 Å². The third-order valence-corrected chi connectivity index (χ3v) is 3.77. The molecule has 0 fully saturated rings. The molecular weight excluding hydrogens is 286 g/mol. The lowest BCUT2D eigenvalue weighted by molar-refractivity contribution is 0.102. The van der Waals surface area contributed by atoms with Crippen molar-refractivity contribution < 1.29 is 9.53 Å². The maximum Gasteiger partial charge on any atom is 0.259 e. The molecule has 0 saturated carbocycles. The highest BCUT2D eigenvalue weighted by Crippen LogP contribution is 2.27. The fourth-order valence-electron chi connectivity index (χ4n) is 2.12. The van der Waals surface area contributed by atoms with Crippen molar-refractivity contribution in [3.8, 4) is 5.75 Å². The minimum Gasteiger partial charge on any atom is -0.496 e. The van der Waals surface area contributed by atoms with Crippen LogP contribution in [-0.4, -0.2) is 21.8 Å². The second-order valence-corrected chi connectivity index (χ2v) is 5.07. The molecule has 21 heavy (non-hydrogen) atoms. The van der Waals surface area contributed by atoms with E-state index in [1.54, 1.807) is 25.3 Å². The number of methoxy groups -OCH3 is 1. The first-order chi connectivity index (χ1) is 10.2. The molecule has 3 rings (SSSR count). The van der Waals surface area contributed by atoms with Gasteiger partial charge in [-0.1, -0.05) is 18.2 Å². The van der Waals surface area contributed by atoms with Crippen LogP contribution in [0.15, 0.2) is 36.4 Å². The van der Waals surface area contributed by atoms with Crippen molar-refractivity contribution in [2.45, 2.75) is 6.92 Å². The zero-order valence-corrected chi connectivity index (χ0v) is 12.4. The number of anilines is 1. The maximum absolute atomic E-state index is 12.5. The van der Waals surface area contributed by atoms with Crippen LogP contribution in [0.3, 0.4) is 0 Å². The Bertz CT molecular complexity index is 814. The minimum absolute atomic E-state index is 0.226. The van der Waals surface area contributed by atoms with Gasteiger partial charge in [0.1, 0.15) is 16.8 Å². The van der Waals surface area contributed by atoms with Crippen molar-refractivity contribution in [3.05, 3.63) is 47.5 Å². The lowest BCUT2D eigenvalue weighted by Gasteiger charge is -2.11. The van der Waals surface area contributed by atoms with Crippen LogP contribution in [0.4, 0.5) is 5.69 Å². The normalized spacial score (nSPS) is 10.6. The smallest absolute Gasteiger partial charge is 0.259 e. The van der Waals surface area contributed by atoms with E-state index in [0.717, 1.165) is 22.8 Å². The molecule has 0 radical (unpaired) electrons. The Kier molecular flexibility index (Phi) is 3.53. The van der Waals surface area contributed by atoms with Gasteiger partial charge in [-0.15, -0.1) is 0 Å². The summed E-state index contributed by atoms with van der Waals surface area (Å²) in [7, 11) is 1.54. The van der Waals surface area contributed by atoms with E-state index in [1.807, 2.05) is 25.1 Å². The minimum atomic E-state index is -0.226. The number of rotatable bonds is 3. The first-order valence-corrected chi connectivity index (χ1v) is 7.10. The van der Waals surface area contributed by atoms with E-state index in [4.69, 9.17) is 4.74 Å². The molecule has 0 aliphatic heterocycles. The third-order valence-electron chi connectivity index (χ3n) is 3.23. The van der Waals surface area contributed by atoms with Crippen molar-refractivity contribution in [3.63, 3.8) is 0 Å². The summed E-state index contributed by atoms with van der Waals surface area (Å²) in [6.45, 7) is 1.93. The first-order valence-electron chi connectivity index (χ1n) is 6.37. The number of nitrogens with one attached hydrogen (secondary N) is 1. The van der Waals surface area contributed by atoms with Crippen LogP contribution in [0.25, 0.3) is 11.0 Å². The Balaban J connectivity index is 2.00. The molecular formula is C15H13N3O2S. The molecule has 3 aromatic rings. The van der Waals surface area contributed by atoms with E-state index in [0.29, 0.717) is 22.5 Å². The third kappa shape index (κ3) is 2.45. The largest absolute Gasteiger partial charge is 0.496 e. The fraction of sp³-hybridized carbons (Fsp3) is 0.133. The summed E-state index contributed by atoms with van der Waals surface area (Å²) in [5.41, 5.74) is 3.61. The molecule has 1 amide bonds. The van der Waals surface area contributed by atoms with Crippen molar-refractivity contribution in [1.29, 1.82) is 0 Å². The molecule has 0 aliphatic carbocycles. The van der Waals surface area contributed by atoms with Gasteiger partial charge in [0.25, 0.3) is 5.91 Å². The number of nitrogens with zero attached hydrogens (tertiary/aromatic N) is 2. The highest BCUT2D eigenvalue weighted by molar-refractivity contribution is 7.00. The van der Waals surface area contributed by atoms with Crippen LogP contribution in [0.2, 0.25) is 0 Å². The second kappa shape index (κ2) is 5.49. The molecule has 6 heteroatoms. The topological polar surface area (TPSA) is 64.1 Å². The van der Waals surface area contributed by atoms with E-state index in [9.17, 15) is 4.79 Å². The van der Waals surface area contributed by atoms with Gasteiger partial charge in [0.2, 0.25) is 0 Å². The van der Waals surface area contributed by atoms with Gasteiger partial charge in [-0.2, -0.15) is 8.75 Å². The van der Waals surface area contributed by atoms with Crippen LogP contribution in [0.1, 0.15) is 15.9 Å². The van der Waals surface area contributed by atoms with E-state index in [-0.39, 0.29) is 5.91 Å². The molecule has 1 aromatic heterocycles. The number of ether oxygens (including phenoxy) is 1. The van der Waals surface area contributed by atoms with Crippen molar-refractivity contribution >= 4 is 34.4 Å². The number of carbonyl (C=O) groups is 1. The number of amides is 1.